The highest BCUT2D eigenvalue weighted by Crippen LogP contribution is 2.40. The van der Waals surface area contributed by atoms with Crippen molar-refractivity contribution in [1.82, 2.24) is 14.7 Å². The predicted octanol–water partition coefficient (Wildman–Crippen LogP) is 6.03. The second kappa shape index (κ2) is 9.72. The fraction of sp³-hybridized carbons (Fsp3) is 0.538. The summed E-state index contributed by atoms with van der Waals surface area (Å²) in [4.78, 5) is 30.9. The van der Waals surface area contributed by atoms with Gasteiger partial charge in [0.2, 0.25) is 5.91 Å². The first kappa shape index (κ1) is 27.1. The first-order chi connectivity index (χ1) is 17.2. The summed E-state index contributed by atoms with van der Waals surface area (Å²) in [5, 5.41) is 0. The smallest absolute Gasteiger partial charge is 0.336 e. The summed E-state index contributed by atoms with van der Waals surface area (Å²) < 4.78 is 80.4. The molecule has 3 amide bonds. The molecule has 1 aromatic carbocycles. The standard InChI is InChI=1S/C26H29F6N3O2/c1-15-6-4-5-7-20(15)23-21-8-9-22(36)34(21)10-11-35(23)24(37)33(3)16(2)17-12-18(25(27,28)29)14-19(13-17)26(30,31)32/h4-6,12-14,16,20-21,23H,7-11H2,1-3H3/t16-,20?,21+,23+/m1/s1. The summed E-state index contributed by atoms with van der Waals surface area (Å²) in [5.74, 6) is -0.0257. The fourth-order valence-corrected chi connectivity index (χ4v) is 5.66. The fourth-order valence-electron chi connectivity index (χ4n) is 5.66. The zero-order chi connectivity index (χ0) is 27.3. The molecule has 11 heteroatoms. The topological polar surface area (TPSA) is 43.9 Å². The number of rotatable bonds is 3. The van der Waals surface area contributed by atoms with E-state index in [9.17, 15) is 35.9 Å². The van der Waals surface area contributed by atoms with Crippen molar-refractivity contribution in [2.75, 3.05) is 20.1 Å². The Labute approximate surface area is 211 Å². The minimum absolute atomic E-state index is 0.0282. The zero-order valence-corrected chi connectivity index (χ0v) is 20.7. The normalized spacial score (nSPS) is 25.2. The number of urea groups is 1. The number of allylic oxidation sites excluding steroid dienone is 3. The Bertz CT molecular complexity index is 1090. The molecule has 2 fully saturated rings. The van der Waals surface area contributed by atoms with Crippen LogP contribution >= 0.6 is 0 Å². The van der Waals surface area contributed by atoms with E-state index in [2.05, 4.69) is 0 Å². The third-order valence-electron chi connectivity index (χ3n) is 7.81. The first-order valence-corrected chi connectivity index (χ1v) is 12.2. The molecule has 2 saturated heterocycles. The third-order valence-corrected chi connectivity index (χ3v) is 7.81. The first-order valence-electron chi connectivity index (χ1n) is 12.2. The summed E-state index contributed by atoms with van der Waals surface area (Å²) in [6, 6.07) is -0.709. The number of alkyl halides is 6. The van der Waals surface area contributed by atoms with Crippen molar-refractivity contribution in [1.29, 1.82) is 0 Å². The van der Waals surface area contributed by atoms with Crippen molar-refractivity contribution in [2.24, 2.45) is 5.92 Å². The van der Waals surface area contributed by atoms with Crippen molar-refractivity contribution in [3.8, 4) is 0 Å². The van der Waals surface area contributed by atoms with Gasteiger partial charge in [-0.2, -0.15) is 26.3 Å². The monoisotopic (exact) mass is 529 g/mol. The highest BCUT2D eigenvalue weighted by Gasteiger charge is 2.48. The zero-order valence-electron chi connectivity index (χ0n) is 20.7. The highest BCUT2D eigenvalue weighted by atomic mass is 19.4. The molecule has 2 heterocycles. The van der Waals surface area contributed by atoms with Gasteiger partial charge in [0.25, 0.3) is 0 Å². The van der Waals surface area contributed by atoms with Gasteiger partial charge in [-0.1, -0.05) is 23.8 Å². The van der Waals surface area contributed by atoms with Gasteiger partial charge in [0, 0.05) is 32.5 Å². The lowest BCUT2D eigenvalue weighted by Gasteiger charge is -2.49. The van der Waals surface area contributed by atoms with Gasteiger partial charge in [-0.15, -0.1) is 0 Å². The second-order valence-corrected chi connectivity index (χ2v) is 9.97. The van der Waals surface area contributed by atoms with Crippen LogP contribution in [0.25, 0.3) is 0 Å². The van der Waals surface area contributed by atoms with Crippen LogP contribution in [0.3, 0.4) is 0 Å². The van der Waals surface area contributed by atoms with Gasteiger partial charge in [0.15, 0.2) is 0 Å². The summed E-state index contributed by atoms with van der Waals surface area (Å²) in [7, 11) is 1.38. The summed E-state index contributed by atoms with van der Waals surface area (Å²) >= 11 is 0. The number of carbonyl (C=O) groups excluding carboxylic acids is 2. The molecule has 0 radical (unpaired) electrons. The minimum Gasteiger partial charge on any atom is -0.336 e. The lowest BCUT2D eigenvalue weighted by molar-refractivity contribution is -0.143. The van der Waals surface area contributed by atoms with E-state index in [1.54, 1.807) is 9.80 Å². The molecule has 1 aliphatic carbocycles. The Morgan fingerprint density at radius 2 is 1.68 bits per heavy atom. The Morgan fingerprint density at radius 3 is 2.24 bits per heavy atom. The SMILES string of the molecule is CC1=CC=CCC1[C@H]1[C@@H]2CCC(=O)N2CCN1C(=O)N(C)[C@H](C)c1cc(C(F)(F)F)cc(C(F)(F)F)c1. The van der Waals surface area contributed by atoms with Gasteiger partial charge in [0.1, 0.15) is 0 Å². The van der Waals surface area contributed by atoms with E-state index in [0.29, 0.717) is 37.9 Å². The highest BCUT2D eigenvalue weighted by molar-refractivity contribution is 5.81. The number of hydrogen-bond acceptors (Lipinski definition) is 2. The van der Waals surface area contributed by atoms with Crippen molar-refractivity contribution >= 4 is 11.9 Å². The number of piperazine rings is 1. The number of fused-ring (bicyclic) bond motifs is 1. The van der Waals surface area contributed by atoms with Crippen LogP contribution in [0.4, 0.5) is 31.1 Å². The van der Waals surface area contributed by atoms with E-state index in [1.807, 2.05) is 25.2 Å². The number of carbonyl (C=O) groups is 2. The van der Waals surface area contributed by atoms with E-state index >= 15 is 0 Å². The minimum atomic E-state index is -4.98. The molecule has 37 heavy (non-hydrogen) atoms. The van der Waals surface area contributed by atoms with Gasteiger partial charge in [0.05, 0.1) is 29.3 Å². The van der Waals surface area contributed by atoms with Crippen molar-refractivity contribution in [2.45, 2.75) is 63.6 Å². The summed E-state index contributed by atoms with van der Waals surface area (Å²) in [5.41, 5.74) is -2.05. The van der Waals surface area contributed by atoms with Crippen LogP contribution in [0.15, 0.2) is 42.0 Å². The van der Waals surface area contributed by atoms with Crippen LogP contribution in [0.2, 0.25) is 0 Å². The van der Waals surface area contributed by atoms with E-state index in [0.717, 1.165) is 5.57 Å². The Balaban J connectivity index is 1.66. The molecule has 0 bridgehead atoms. The van der Waals surface area contributed by atoms with E-state index < -0.39 is 35.6 Å². The molecule has 4 rings (SSSR count). The van der Waals surface area contributed by atoms with Crippen LogP contribution in [0.1, 0.15) is 55.8 Å². The number of amides is 3. The number of hydrogen-bond donors (Lipinski definition) is 0. The maximum absolute atomic E-state index is 13.8. The predicted molar refractivity (Wildman–Crippen MR) is 124 cm³/mol. The summed E-state index contributed by atoms with van der Waals surface area (Å²) in [6.07, 6.45) is -2.45. The van der Waals surface area contributed by atoms with Crippen LogP contribution in [0.5, 0.6) is 0 Å². The second-order valence-electron chi connectivity index (χ2n) is 9.97. The molecular weight excluding hydrogens is 500 g/mol. The largest absolute Gasteiger partial charge is 0.416 e. The summed E-state index contributed by atoms with van der Waals surface area (Å²) in [6.45, 7) is 3.93. The van der Waals surface area contributed by atoms with Crippen LogP contribution < -0.4 is 0 Å². The molecule has 202 valence electrons. The van der Waals surface area contributed by atoms with Gasteiger partial charge < -0.3 is 14.7 Å². The molecule has 0 saturated carbocycles. The van der Waals surface area contributed by atoms with E-state index in [1.165, 1.54) is 18.9 Å². The molecule has 0 spiro atoms. The van der Waals surface area contributed by atoms with Gasteiger partial charge in [-0.3, -0.25) is 4.79 Å². The van der Waals surface area contributed by atoms with Gasteiger partial charge >= 0.3 is 18.4 Å². The van der Waals surface area contributed by atoms with Crippen LogP contribution in [-0.4, -0.2) is 58.9 Å². The van der Waals surface area contributed by atoms with E-state index in [-0.39, 0.29) is 42.1 Å². The molecule has 5 nitrogen and oxygen atoms in total. The Kier molecular flexibility index (Phi) is 7.11. The molecule has 4 atom stereocenters. The van der Waals surface area contributed by atoms with Crippen molar-refractivity contribution < 1.29 is 35.9 Å². The van der Waals surface area contributed by atoms with E-state index in [4.69, 9.17) is 0 Å². The van der Waals surface area contributed by atoms with Gasteiger partial charge in [-0.25, -0.2) is 4.79 Å². The van der Waals surface area contributed by atoms with Crippen LogP contribution in [0, 0.1) is 5.92 Å². The Morgan fingerprint density at radius 1 is 1.05 bits per heavy atom. The molecule has 3 aliphatic rings. The average molecular weight is 530 g/mol. The molecular formula is C26H29F6N3O2. The lowest BCUT2D eigenvalue weighted by Crippen LogP contribution is -2.64. The maximum atomic E-state index is 13.8. The van der Waals surface area contributed by atoms with Crippen molar-refractivity contribution in [3.63, 3.8) is 0 Å². The molecule has 2 aliphatic heterocycles. The number of halogens is 6. The number of nitrogens with zero attached hydrogens (tertiary/aromatic N) is 3. The quantitative estimate of drug-likeness (QED) is 0.449. The molecule has 1 aromatic rings. The third kappa shape index (κ3) is 5.22. The Hall–Kier alpha value is -2.98. The maximum Gasteiger partial charge on any atom is 0.416 e. The molecule has 1 unspecified atom stereocenters. The van der Waals surface area contributed by atoms with Gasteiger partial charge in [-0.05, 0) is 50.5 Å². The number of benzene rings is 1. The molecule has 0 aromatic heterocycles. The lowest BCUT2D eigenvalue weighted by atomic mass is 9.80. The average Bonchev–Trinajstić information content (AvgIpc) is 3.22. The molecule has 0 N–H and O–H groups in total. The van der Waals surface area contributed by atoms with Crippen LogP contribution in [-0.2, 0) is 17.1 Å². The van der Waals surface area contributed by atoms with Crippen molar-refractivity contribution in [3.05, 3.63) is 58.7 Å².